The summed E-state index contributed by atoms with van der Waals surface area (Å²) in [5.41, 5.74) is 8.25. The molecule has 1 atom stereocenters. The topological polar surface area (TPSA) is 51.4 Å². The maximum absolute atomic E-state index is 5.97. The van der Waals surface area contributed by atoms with E-state index in [1.54, 1.807) is 7.11 Å². The third-order valence-electron chi connectivity index (χ3n) is 3.68. The van der Waals surface area contributed by atoms with Gasteiger partial charge >= 0.3 is 0 Å². The van der Waals surface area contributed by atoms with Crippen LogP contribution in [0.2, 0.25) is 0 Å². The van der Waals surface area contributed by atoms with E-state index in [0.29, 0.717) is 6.54 Å². The van der Waals surface area contributed by atoms with Crippen LogP contribution >= 0.6 is 0 Å². The van der Waals surface area contributed by atoms with Crippen LogP contribution < -0.4 is 10.5 Å². The number of methoxy groups -OCH3 is 1. The third-order valence-corrected chi connectivity index (χ3v) is 3.68. The standard InChI is InChI=1S/C17H23N3O/c1-20(11-9-15-7-3-4-10-19-15)17(13-18)14-6-5-8-16(12-14)21-2/h3-8,10,12,17H,9,11,13,18H2,1-2H3. The molecule has 4 heteroatoms. The first-order chi connectivity index (χ1) is 10.2. The summed E-state index contributed by atoms with van der Waals surface area (Å²) in [6.07, 6.45) is 2.75. The van der Waals surface area contributed by atoms with Gasteiger partial charge in [-0.25, -0.2) is 0 Å². The van der Waals surface area contributed by atoms with Gasteiger partial charge in [-0.1, -0.05) is 18.2 Å². The lowest BCUT2D eigenvalue weighted by atomic mass is 10.0. The molecule has 0 aliphatic heterocycles. The van der Waals surface area contributed by atoms with E-state index in [-0.39, 0.29) is 6.04 Å². The average molecular weight is 285 g/mol. The highest BCUT2D eigenvalue weighted by atomic mass is 16.5. The van der Waals surface area contributed by atoms with Gasteiger partial charge in [-0.3, -0.25) is 9.88 Å². The normalized spacial score (nSPS) is 12.4. The molecule has 1 aromatic heterocycles. The van der Waals surface area contributed by atoms with Gasteiger partial charge in [0.05, 0.1) is 7.11 Å². The van der Waals surface area contributed by atoms with E-state index in [1.165, 1.54) is 5.56 Å². The summed E-state index contributed by atoms with van der Waals surface area (Å²) >= 11 is 0. The second kappa shape index (κ2) is 7.76. The number of rotatable bonds is 7. The summed E-state index contributed by atoms with van der Waals surface area (Å²) in [5, 5.41) is 0. The molecule has 0 bridgehead atoms. The fourth-order valence-electron chi connectivity index (χ4n) is 2.41. The molecule has 0 spiro atoms. The van der Waals surface area contributed by atoms with Gasteiger partial charge in [0.1, 0.15) is 5.75 Å². The quantitative estimate of drug-likeness (QED) is 0.848. The molecule has 2 rings (SSSR count). The number of nitrogens with zero attached hydrogens (tertiary/aromatic N) is 2. The van der Waals surface area contributed by atoms with Crippen LogP contribution in [-0.2, 0) is 6.42 Å². The predicted octanol–water partition coefficient (Wildman–Crippen LogP) is 2.26. The van der Waals surface area contributed by atoms with E-state index in [2.05, 4.69) is 35.1 Å². The molecular formula is C17H23N3O. The average Bonchev–Trinajstić information content (AvgIpc) is 2.55. The largest absolute Gasteiger partial charge is 0.497 e. The van der Waals surface area contributed by atoms with Crippen molar-refractivity contribution in [3.8, 4) is 5.75 Å². The van der Waals surface area contributed by atoms with Gasteiger partial charge in [0.2, 0.25) is 0 Å². The van der Waals surface area contributed by atoms with E-state index < -0.39 is 0 Å². The first-order valence-electron chi connectivity index (χ1n) is 7.18. The maximum Gasteiger partial charge on any atom is 0.119 e. The highest BCUT2D eigenvalue weighted by Gasteiger charge is 2.16. The first kappa shape index (κ1) is 15.5. The highest BCUT2D eigenvalue weighted by molar-refractivity contribution is 5.30. The van der Waals surface area contributed by atoms with Gasteiger partial charge < -0.3 is 10.5 Å². The zero-order chi connectivity index (χ0) is 15.1. The smallest absolute Gasteiger partial charge is 0.119 e. The van der Waals surface area contributed by atoms with Crippen molar-refractivity contribution in [2.45, 2.75) is 12.5 Å². The minimum Gasteiger partial charge on any atom is -0.497 e. The van der Waals surface area contributed by atoms with Gasteiger partial charge in [0.25, 0.3) is 0 Å². The van der Waals surface area contributed by atoms with E-state index in [9.17, 15) is 0 Å². The molecule has 0 amide bonds. The molecule has 2 N–H and O–H groups in total. The maximum atomic E-state index is 5.97. The summed E-state index contributed by atoms with van der Waals surface area (Å²) in [6, 6.07) is 14.3. The van der Waals surface area contributed by atoms with Crippen molar-refractivity contribution in [3.05, 3.63) is 59.9 Å². The molecule has 0 radical (unpaired) electrons. The summed E-state index contributed by atoms with van der Waals surface area (Å²) < 4.78 is 5.29. The van der Waals surface area contributed by atoms with Gasteiger partial charge in [0.15, 0.2) is 0 Å². The van der Waals surface area contributed by atoms with E-state index >= 15 is 0 Å². The van der Waals surface area contributed by atoms with Crippen LogP contribution in [0.5, 0.6) is 5.75 Å². The van der Waals surface area contributed by atoms with Crippen LogP contribution in [0.1, 0.15) is 17.3 Å². The van der Waals surface area contributed by atoms with Gasteiger partial charge in [-0.05, 0) is 36.9 Å². The summed E-state index contributed by atoms with van der Waals surface area (Å²) in [4.78, 5) is 6.63. The second-order valence-corrected chi connectivity index (χ2v) is 5.08. The minimum atomic E-state index is 0.184. The Morgan fingerprint density at radius 3 is 2.76 bits per heavy atom. The van der Waals surface area contributed by atoms with Crippen molar-refractivity contribution >= 4 is 0 Å². The SMILES string of the molecule is COc1cccc(C(CN)N(C)CCc2ccccn2)c1. The van der Waals surface area contributed by atoms with Crippen LogP contribution in [0.15, 0.2) is 48.7 Å². The van der Waals surface area contributed by atoms with E-state index in [0.717, 1.165) is 24.4 Å². The molecule has 0 saturated heterocycles. The Morgan fingerprint density at radius 2 is 2.10 bits per heavy atom. The van der Waals surface area contributed by atoms with Crippen molar-refractivity contribution in [2.24, 2.45) is 5.73 Å². The molecule has 112 valence electrons. The fraction of sp³-hybridized carbons (Fsp3) is 0.353. The number of nitrogens with two attached hydrogens (primary N) is 1. The Balaban J connectivity index is 2.02. The van der Waals surface area contributed by atoms with Gasteiger partial charge in [-0.15, -0.1) is 0 Å². The Bertz CT molecular complexity index is 545. The zero-order valence-electron chi connectivity index (χ0n) is 12.7. The molecule has 21 heavy (non-hydrogen) atoms. The van der Waals surface area contributed by atoms with Crippen molar-refractivity contribution in [1.82, 2.24) is 9.88 Å². The molecule has 2 aromatic rings. The Kier molecular flexibility index (Phi) is 5.72. The van der Waals surface area contributed by atoms with Crippen LogP contribution in [0.4, 0.5) is 0 Å². The van der Waals surface area contributed by atoms with Crippen LogP contribution in [-0.4, -0.2) is 37.1 Å². The molecule has 1 unspecified atom stereocenters. The molecule has 0 fully saturated rings. The van der Waals surface area contributed by atoms with Crippen LogP contribution in [0, 0.1) is 0 Å². The monoisotopic (exact) mass is 285 g/mol. The van der Waals surface area contributed by atoms with Crippen LogP contribution in [0.3, 0.4) is 0 Å². The molecule has 1 heterocycles. The van der Waals surface area contributed by atoms with Crippen molar-refractivity contribution in [2.75, 3.05) is 27.2 Å². The number of hydrogen-bond donors (Lipinski definition) is 1. The van der Waals surface area contributed by atoms with Crippen molar-refractivity contribution in [3.63, 3.8) is 0 Å². The van der Waals surface area contributed by atoms with E-state index in [1.807, 2.05) is 30.5 Å². The number of aromatic nitrogens is 1. The molecule has 4 nitrogen and oxygen atoms in total. The molecule has 1 aromatic carbocycles. The Hall–Kier alpha value is -1.91. The van der Waals surface area contributed by atoms with Crippen molar-refractivity contribution < 1.29 is 4.74 Å². The second-order valence-electron chi connectivity index (χ2n) is 5.08. The molecular weight excluding hydrogens is 262 g/mol. The first-order valence-corrected chi connectivity index (χ1v) is 7.18. The minimum absolute atomic E-state index is 0.184. The van der Waals surface area contributed by atoms with Crippen LogP contribution in [0.25, 0.3) is 0 Å². The van der Waals surface area contributed by atoms with Gasteiger partial charge in [0, 0.05) is 37.4 Å². The molecule has 0 saturated carbocycles. The lowest BCUT2D eigenvalue weighted by molar-refractivity contribution is 0.252. The van der Waals surface area contributed by atoms with E-state index in [4.69, 9.17) is 10.5 Å². The summed E-state index contributed by atoms with van der Waals surface area (Å²) in [5.74, 6) is 0.865. The fourth-order valence-corrected chi connectivity index (χ4v) is 2.41. The molecule has 0 aliphatic carbocycles. The lowest BCUT2D eigenvalue weighted by Crippen LogP contribution is -2.32. The van der Waals surface area contributed by atoms with Crippen molar-refractivity contribution in [1.29, 1.82) is 0 Å². The number of likely N-dealkylation sites (N-methyl/N-ethyl adjacent to an activating group) is 1. The number of benzene rings is 1. The lowest BCUT2D eigenvalue weighted by Gasteiger charge is -2.27. The third kappa shape index (κ3) is 4.28. The summed E-state index contributed by atoms with van der Waals surface area (Å²) in [6.45, 7) is 1.49. The zero-order valence-corrected chi connectivity index (χ0v) is 12.7. The number of ether oxygens (including phenoxy) is 1. The number of pyridine rings is 1. The summed E-state index contributed by atoms with van der Waals surface area (Å²) in [7, 11) is 3.78. The predicted molar refractivity (Wildman–Crippen MR) is 85.4 cm³/mol. The molecule has 0 aliphatic rings. The highest BCUT2D eigenvalue weighted by Crippen LogP contribution is 2.22. The van der Waals surface area contributed by atoms with Gasteiger partial charge in [-0.2, -0.15) is 0 Å². The Morgan fingerprint density at radius 1 is 1.24 bits per heavy atom. The number of hydrogen-bond acceptors (Lipinski definition) is 4. The Labute approximate surface area is 126 Å².